The zero-order valence-corrected chi connectivity index (χ0v) is 15.9. The Labute approximate surface area is 172 Å². The van der Waals surface area contributed by atoms with Gasteiger partial charge in [-0.1, -0.05) is 0 Å². The Morgan fingerprint density at radius 1 is 0.967 bits per heavy atom. The molecule has 1 atom stereocenters. The quantitative estimate of drug-likeness (QED) is 0.607. The van der Waals surface area contributed by atoms with Gasteiger partial charge in [-0.05, 0) is 67.6 Å². The third-order valence-electron chi connectivity index (χ3n) is 4.06. The maximum absolute atomic E-state index is 12.3. The van der Waals surface area contributed by atoms with Gasteiger partial charge in [-0.25, -0.2) is 4.79 Å². The molecule has 3 aromatic rings. The van der Waals surface area contributed by atoms with Crippen molar-refractivity contribution in [3.8, 4) is 6.07 Å². The molecule has 0 bridgehead atoms. The number of carbonyl (C=O) groups is 3. The van der Waals surface area contributed by atoms with Crippen molar-refractivity contribution in [2.24, 2.45) is 0 Å². The zero-order valence-electron chi connectivity index (χ0n) is 15.9. The van der Waals surface area contributed by atoms with Gasteiger partial charge < -0.3 is 19.8 Å². The van der Waals surface area contributed by atoms with E-state index in [1.807, 2.05) is 6.07 Å². The lowest BCUT2D eigenvalue weighted by Gasteiger charge is -2.14. The highest BCUT2D eigenvalue weighted by Gasteiger charge is 2.19. The molecule has 0 aliphatic rings. The van der Waals surface area contributed by atoms with Crippen LogP contribution in [0.4, 0.5) is 11.4 Å². The molecular weight excluding hydrogens is 386 g/mol. The van der Waals surface area contributed by atoms with Crippen LogP contribution in [0.15, 0.2) is 71.3 Å². The summed E-state index contributed by atoms with van der Waals surface area (Å²) in [7, 11) is 0. The number of hydrogen-bond donors (Lipinski definition) is 2. The number of amides is 2. The predicted octanol–water partition coefficient (Wildman–Crippen LogP) is 3.59. The van der Waals surface area contributed by atoms with E-state index in [9.17, 15) is 14.4 Å². The molecular formula is C22H17N3O5. The fourth-order valence-corrected chi connectivity index (χ4v) is 2.44. The molecule has 3 rings (SSSR count). The van der Waals surface area contributed by atoms with E-state index >= 15 is 0 Å². The van der Waals surface area contributed by atoms with Gasteiger partial charge in [0.15, 0.2) is 11.9 Å². The lowest BCUT2D eigenvalue weighted by atomic mass is 10.2. The molecule has 0 fully saturated rings. The third-order valence-corrected chi connectivity index (χ3v) is 4.06. The average Bonchev–Trinajstić information content (AvgIpc) is 3.30. The minimum absolute atomic E-state index is 0.167. The van der Waals surface area contributed by atoms with Crippen molar-refractivity contribution in [1.82, 2.24) is 0 Å². The summed E-state index contributed by atoms with van der Waals surface area (Å²) in [6.45, 7) is 1.45. The molecule has 0 saturated heterocycles. The Hall–Kier alpha value is -4.38. The van der Waals surface area contributed by atoms with Crippen molar-refractivity contribution in [3.63, 3.8) is 0 Å². The molecule has 0 saturated carbocycles. The highest BCUT2D eigenvalue weighted by Crippen LogP contribution is 2.14. The summed E-state index contributed by atoms with van der Waals surface area (Å²) < 4.78 is 10.2. The number of nitrogens with one attached hydrogen (secondary N) is 2. The van der Waals surface area contributed by atoms with Gasteiger partial charge in [0.25, 0.3) is 11.8 Å². The summed E-state index contributed by atoms with van der Waals surface area (Å²) in [4.78, 5) is 36.4. The van der Waals surface area contributed by atoms with Crippen LogP contribution in [0.3, 0.4) is 0 Å². The maximum Gasteiger partial charge on any atom is 0.338 e. The van der Waals surface area contributed by atoms with Crippen LogP contribution in [-0.4, -0.2) is 23.9 Å². The van der Waals surface area contributed by atoms with E-state index in [4.69, 9.17) is 14.4 Å². The van der Waals surface area contributed by atoms with Crippen LogP contribution < -0.4 is 10.6 Å². The van der Waals surface area contributed by atoms with Crippen molar-refractivity contribution in [2.45, 2.75) is 13.0 Å². The fraction of sp³-hybridized carbons (Fsp3) is 0.0909. The zero-order chi connectivity index (χ0) is 21.5. The molecule has 2 amide bonds. The van der Waals surface area contributed by atoms with Crippen LogP contribution in [0.2, 0.25) is 0 Å². The molecule has 0 radical (unpaired) electrons. The average molecular weight is 403 g/mol. The molecule has 1 heterocycles. The second-order valence-corrected chi connectivity index (χ2v) is 6.23. The fourth-order valence-electron chi connectivity index (χ4n) is 2.44. The van der Waals surface area contributed by atoms with Gasteiger partial charge in [-0.15, -0.1) is 0 Å². The van der Waals surface area contributed by atoms with E-state index in [2.05, 4.69) is 10.6 Å². The molecule has 0 aliphatic carbocycles. The Morgan fingerprint density at radius 3 is 2.20 bits per heavy atom. The van der Waals surface area contributed by atoms with Crippen molar-refractivity contribution in [3.05, 3.63) is 83.8 Å². The number of furan rings is 1. The number of carbonyl (C=O) groups excluding carboxylic acids is 3. The standard InChI is InChI=1S/C22H17N3O5/c1-14(20(26)24-17-8-4-15(13-23)5-9-17)30-22(28)16-6-10-18(11-7-16)25-21(27)19-3-2-12-29-19/h2-12,14H,1H3,(H,24,26)(H,25,27)/t14-/m1/s1. The minimum Gasteiger partial charge on any atom is -0.459 e. The SMILES string of the molecule is C[C@@H](OC(=O)c1ccc(NC(=O)c2ccco2)cc1)C(=O)Nc1ccc(C#N)cc1. The first-order chi connectivity index (χ1) is 14.5. The van der Waals surface area contributed by atoms with E-state index in [0.29, 0.717) is 16.9 Å². The lowest BCUT2D eigenvalue weighted by molar-refractivity contribution is -0.123. The van der Waals surface area contributed by atoms with Crippen LogP contribution in [0.1, 0.15) is 33.4 Å². The monoisotopic (exact) mass is 403 g/mol. The first kappa shape index (κ1) is 20.4. The first-order valence-electron chi connectivity index (χ1n) is 8.93. The Balaban J connectivity index is 1.54. The predicted molar refractivity (Wildman–Crippen MR) is 108 cm³/mol. The summed E-state index contributed by atoms with van der Waals surface area (Å²) in [6.07, 6.45) is 0.360. The summed E-state index contributed by atoms with van der Waals surface area (Å²) in [5.41, 5.74) is 1.65. The number of nitrogens with zero attached hydrogens (tertiary/aromatic N) is 1. The van der Waals surface area contributed by atoms with Crippen molar-refractivity contribution in [1.29, 1.82) is 5.26 Å². The summed E-state index contributed by atoms with van der Waals surface area (Å²) in [6, 6.07) is 17.5. The largest absolute Gasteiger partial charge is 0.459 e. The van der Waals surface area contributed by atoms with Crippen molar-refractivity contribution in [2.75, 3.05) is 10.6 Å². The smallest absolute Gasteiger partial charge is 0.338 e. The number of ether oxygens (including phenoxy) is 1. The van der Waals surface area contributed by atoms with Crippen LogP contribution in [-0.2, 0) is 9.53 Å². The molecule has 8 nitrogen and oxygen atoms in total. The summed E-state index contributed by atoms with van der Waals surface area (Å²) in [5.74, 6) is -1.43. The molecule has 1 aromatic heterocycles. The normalized spacial score (nSPS) is 11.1. The molecule has 0 aliphatic heterocycles. The minimum atomic E-state index is -1.04. The van der Waals surface area contributed by atoms with Crippen molar-refractivity contribution < 1.29 is 23.5 Å². The topological polar surface area (TPSA) is 121 Å². The highest BCUT2D eigenvalue weighted by molar-refractivity contribution is 6.02. The number of anilines is 2. The van der Waals surface area contributed by atoms with Crippen LogP contribution in [0.5, 0.6) is 0 Å². The van der Waals surface area contributed by atoms with Crippen LogP contribution in [0.25, 0.3) is 0 Å². The third kappa shape index (κ3) is 5.11. The van der Waals surface area contributed by atoms with Gasteiger partial charge in [0.1, 0.15) is 0 Å². The molecule has 2 aromatic carbocycles. The molecule has 30 heavy (non-hydrogen) atoms. The molecule has 0 spiro atoms. The number of nitriles is 1. The van der Waals surface area contributed by atoms with E-state index in [1.165, 1.54) is 31.4 Å². The highest BCUT2D eigenvalue weighted by atomic mass is 16.5. The van der Waals surface area contributed by atoms with Gasteiger partial charge >= 0.3 is 5.97 Å². The van der Waals surface area contributed by atoms with E-state index < -0.39 is 23.9 Å². The van der Waals surface area contributed by atoms with Crippen molar-refractivity contribution >= 4 is 29.2 Å². The molecule has 150 valence electrons. The number of hydrogen-bond acceptors (Lipinski definition) is 6. The van der Waals surface area contributed by atoms with Gasteiger partial charge in [0, 0.05) is 11.4 Å². The van der Waals surface area contributed by atoms with Gasteiger partial charge in [0.05, 0.1) is 23.5 Å². The Bertz CT molecular complexity index is 1080. The van der Waals surface area contributed by atoms with E-state index in [1.54, 1.807) is 42.5 Å². The Morgan fingerprint density at radius 2 is 1.60 bits per heavy atom. The van der Waals surface area contributed by atoms with Gasteiger partial charge in [-0.3, -0.25) is 9.59 Å². The Kier molecular flexibility index (Phi) is 6.25. The molecule has 2 N–H and O–H groups in total. The lowest BCUT2D eigenvalue weighted by Crippen LogP contribution is -2.30. The molecule has 0 unspecified atom stereocenters. The second-order valence-electron chi connectivity index (χ2n) is 6.23. The van der Waals surface area contributed by atoms with E-state index in [0.717, 1.165) is 0 Å². The maximum atomic E-state index is 12.3. The number of esters is 1. The van der Waals surface area contributed by atoms with E-state index in [-0.39, 0.29) is 11.3 Å². The van der Waals surface area contributed by atoms with Crippen LogP contribution in [0, 0.1) is 11.3 Å². The molecule has 8 heteroatoms. The van der Waals surface area contributed by atoms with Gasteiger partial charge in [-0.2, -0.15) is 5.26 Å². The number of rotatable bonds is 6. The van der Waals surface area contributed by atoms with Gasteiger partial charge in [0.2, 0.25) is 0 Å². The summed E-state index contributed by atoms with van der Waals surface area (Å²) >= 11 is 0. The second kappa shape index (κ2) is 9.21. The van der Waals surface area contributed by atoms with Crippen LogP contribution >= 0.6 is 0 Å². The summed E-state index contributed by atoms with van der Waals surface area (Å²) in [5, 5.41) is 14.0. The first-order valence-corrected chi connectivity index (χ1v) is 8.93. The number of benzene rings is 2.